The summed E-state index contributed by atoms with van der Waals surface area (Å²) in [5, 5.41) is 6.29. The van der Waals surface area contributed by atoms with E-state index in [1.807, 2.05) is 25.1 Å². The molecule has 102 valence electrons. The van der Waals surface area contributed by atoms with Crippen molar-refractivity contribution in [1.82, 2.24) is 19.6 Å². The Kier molecular flexibility index (Phi) is 3.06. The van der Waals surface area contributed by atoms with Crippen LogP contribution in [0.1, 0.15) is 11.4 Å². The molecule has 1 aromatic carbocycles. The largest absolute Gasteiger partial charge is 0.438 e. The molecule has 0 atom stereocenters. The Bertz CT molecular complexity index is 853. The second-order valence-electron chi connectivity index (χ2n) is 4.40. The zero-order valence-electron chi connectivity index (χ0n) is 10.8. The van der Waals surface area contributed by atoms with Crippen molar-refractivity contribution in [3.8, 4) is 11.6 Å². The summed E-state index contributed by atoms with van der Waals surface area (Å²) in [6.07, 6.45) is 0. The second-order valence-corrected chi connectivity index (χ2v) is 5.25. The van der Waals surface area contributed by atoms with Crippen LogP contribution in [0.4, 0.5) is 0 Å². The molecule has 2 heterocycles. The van der Waals surface area contributed by atoms with E-state index in [-0.39, 0.29) is 5.69 Å². The minimum Gasteiger partial charge on any atom is -0.438 e. The number of aromatic amines is 1. The van der Waals surface area contributed by atoms with Gasteiger partial charge >= 0.3 is 5.69 Å². The molecule has 0 saturated carbocycles. The Morgan fingerprint density at radius 3 is 2.85 bits per heavy atom. The average Bonchev–Trinajstić information content (AvgIpc) is 2.75. The first-order valence-corrected chi connectivity index (χ1v) is 6.72. The first kappa shape index (κ1) is 12.9. The van der Waals surface area contributed by atoms with E-state index in [1.165, 1.54) is 4.40 Å². The summed E-state index contributed by atoms with van der Waals surface area (Å²) < 4.78 is 7.96. The molecule has 0 aliphatic rings. The lowest BCUT2D eigenvalue weighted by molar-refractivity contribution is 0.457. The van der Waals surface area contributed by atoms with Gasteiger partial charge in [0.25, 0.3) is 0 Å². The number of hydrogen-bond donors (Lipinski definition) is 1. The normalized spacial score (nSPS) is 10.9. The van der Waals surface area contributed by atoms with Gasteiger partial charge in [-0.25, -0.2) is 14.3 Å². The highest BCUT2D eigenvalue weighted by molar-refractivity contribution is 9.10. The van der Waals surface area contributed by atoms with Crippen LogP contribution in [0.3, 0.4) is 0 Å². The van der Waals surface area contributed by atoms with Crippen molar-refractivity contribution in [2.45, 2.75) is 13.8 Å². The maximum atomic E-state index is 11.5. The Labute approximate surface area is 122 Å². The lowest BCUT2D eigenvalue weighted by Crippen LogP contribution is -2.13. The third-order valence-corrected chi connectivity index (χ3v) is 3.47. The number of ether oxygens (including phenoxy) is 1. The maximum absolute atomic E-state index is 11.5. The fourth-order valence-electron chi connectivity index (χ4n) is 1.92. The summed E-state index contributed by atoms with van der Waals surface area (Å²) in [6.45, 7) is 3.72. The van der Waals surface area contributed by atoms with Gasteiger partial charge in [-0.3, -0.25) is 0 Å². The van der Waals surface area contributed by atoms with Gasteiger partial charge in [0.1, 0.15) is 11.6 Å². The number of halogens is 1. The van der Waals surface area contributed by atoms with Crippen molar-refractivity contribution >= 4 is 21.6 Å². The third kappa shape index (κ3) is 2.20. The fourth-order valence-corrected chi connectivity index (χ4v) is 2.50. The van der Waals surface area contributed by atoms with E-state index >= 15 is 0 Å². The molecule has 0 aliphatic carbocycles. The Hall–Kier alpha value is -2.15. The fraction of sp³-hybridized carbons (Fsp3) is 0.154. The van der Waals surface area contributed by atoms with Gasteiger partial charge in [0.2, 0.25) is 5.88 Å². The van der Waals surface area contributed by atoms with Crippen molar-refractivity contribution in [3.05, 3.63) is 50.6 Å². The monoisotopic (exact) mass is 334 g/mol. The van der Waals surface area contributed by atoms with Crippen LogP contribution in [0.2, 0.25) is 0 Å². The second kappa shape index (κ2) is 4.75. The molecule has 0 bridgehead atoms. The van der Waals surface area contributed by atoms with E-state index in [1.54, 1.807) is 13.0 Å². The molecule has 0 radical (unpaired) electrons. The van der Waals surface area contributed by atoms with Gasteiger partial charge in [0, 0.05) is 6.07 Å². The van der Waals surface area contributed by atoms with Gasteiger partial charge in [0.15, 0.2) is 5.65 Å². The van der Waals surface area contributed by atoms with Crippen molar-refractivity contribution in [2.75, 3.05) is 0 Å². The molecular weight excluding hydrogens is 324 g/mol. The molecule has 2 aromatic heterocycles. The predicted octanol–water partition coefficient (Wildman–Crippen LogP) is 2.59. The number of fused-ring (bicyclic) bond motifs is 1. The highest BCUT2D eigenvalue weighted by Crippen LogP contribution is 2.29. The van der Waals surface area contributed by atoms with Gasteiger partial charge < -0.3 is 4.74 Å². The first-order chi connectivity index (χ1) is 9.54. The zero-order chi connectivity index (χ0) is 14.3. The maximum Gasteiger partial charge on any atom is 0.349 e. The molecule has 3 rings (SSSR count). The van der Waals surface area contributed by atoms with Crippen molar-refractivity contribution < 1.29 is 4.74 Å². The van der Waals surface area contributed by atoms with Crippen LogP contribution < -0.4 is 10.4 Å². The summed E-state index contributed by atoms with van der Waals surface area (Å²) in [6, 6.07) is 7.37. The van der Waals surface area contributed by atoms with Crippen LogP contribution in [0.5, 0.6) is 11.6 Å². The number of aromatic nitrogens is 4. The number of hydrogen-bond acceptors (Lipinski definition) is 4. The molecule has 0 aliphatic heterocycles. The van der Waals surface area contributed by atoms with Crippen LogP contribution >= 0.6 is 15.9 Å². The number of nitrogens with one attached hydrogen (secondary N) is 1. The molecule has 3 aromatic rings. The third-order valence-electron chi connectivity index (χ3n) is 2.85. The molecule has 0 fully saturated rings. The molecule has 1 N–H and O–H groups in total. The molecule has 0 spiro atoms. The molecule has 6 nitrogen and oxygen atoms in total. The molecule has 20 heavy (non-hydrogen) atoms. The number of benzene rings is 1. The minimum atomic E-state index is -0.312. The van der Waals surface area contributed by atoms with E-state index in [4.69, 9.17) is 4.74 Å². The van der Waals surface area contributed by atoms with Crippen LogP contribution in [-0.4, -0.2) is 19.6 Å². The summed E-state index contributed by atoms with van der Waals surface area (Å²) in [4.78, 5) is 15.8. The van der Waals surface area contributed by atoms with Gasteiger partial charge in [-0.1, -0.05) is 6.07 Å². The van der Waals surface area contributed by atoms with Crippen LogP contribution in [-0.2, 0) is 0 Å². The molecular formula is C13H11BrN4O2. The summed E-state index contributed by atoms with van der Waals surface area (Å²) in [5.74, 6) is 1.56. The minimum absolute atomic E-state index is 0.312. The van der Waals surface area contributed by atoms with E-state index < -0.39 is 0 Å². The van der Waals surface area contributed by atoms with Gasteiger partial charge in [-0.2, -0.15) is 10.1 Å². The van der Waals surface area contributed by atoms with Crippen molar-refractivity contribution in [3.63, 3.8) is 0 Å². The first-order valence-electron chi connectivity index (χ1n) is 5.93. The SMILES string of the molecule is Cc1ccc(Oc2cc3n[nH]c(=O)n3c(C)n2)c(Br)c1. The highest BCUT2D eigenvalue weighted by atomic mass is 79.9. The van der Waals surface area contributed by atoms with E-state index in [0.717, 1.165) is 10.0 Å². The predicted molar refractivity (Wildman–Crippen MR) is 77.3 cm³/mol. The number of rotatable bonds is 2. The Morgan fingerprint density at radius 1 is 1.30 bits per heavy atom. The van der Waals surface area contributed by atoms with Crippen LogP contribution in [0.25, 0.3) is 5.65 Å². The number of nitrogens with zero attached hydrogens (tertiary/aromatic N) is 3. The molecule has 0 unspecified atom stereocenters. The van der Waals surface area contributed by atoms with E-state index in [0.29, 0.717) is 23.1 Å². The summed E-state index contributed by atoms with van der Waals surface area (Å²) >= 11 is 3.45. The van der Waals surface area contributed by atoms with Gasteiger partial charge in [-0.05, 0) is 47.5 Å². The van der Waals surface area contributed by atoms with E-state index in [2.05, 4.69) is 31.1 Å². The molecule has 7 heteroatoms. The highest BCUT2D eigenvalue weighted by Gasteiger charge is 2.10. The quantitative estimate of drug-likeness (QED) is 0.781. The lowest BCUT2D eigenvalue weighted by atomic mass is 10.2. The topological polar surface area (TPSA) is 72.3 Å². The van der Waals surface area contributed by atoms with E-state index in [9.17, 15) is 4.79 Å². The van der Waals surface area contributed by atoms with Crippen molar-refractivity contribution in [2.24, 2.45) is 0 Å². The number of aryl methyl sites for hydroxylation is 2. The Balaban J connectivity index is 2.04. The molecule has 0 saturated heterocycles. The van der Waals surface area contributed by atoms with Crippen LogP contribution in [0, 0.1) is 13.8 Å². The smallest absolute Gasteiger partial charge is 0.349 e. The zero-order valence-corrected chi connectivity index (χ0v) is 12.4. The summed E-state index contributed by atoms with van der Waals surface area (Å²) in [5.41, 5.74) is 1.29. The van der Waals surface area contributed by atoms with Crippen molar-refractivity contribution in [1.29, 1.82) is 0 Å². The molecule has 0 amide bonds. The van der Waals surface area contributed by atoms with Gasteiger partial charge in [-0.15, -0.1) is 0 Å². The Morgan fingerprint density at radius 2 is 2.10 bits per heavy atom. The number of H-pyrrole nitrogens is 1. The van der Waals surface area contributed by atoms with Crippen LogP contribution in [0.15, 0.2) is 33.5 Å². The average molecular weight is 335 g/mol. The standard InChI is InChI=1S/C13H11BrN4O2/c1-7-3-4-10(9(14)5-7)20-12-6-11-16-17-13(19)18(11)8(2)15-12/h3-6H,1-2H3,(H,17,19). The lowest BCUT2D eigenvalue weighted by Gasteiger charge is -2.08. The van der Waals surface area contributed by atoms with Gasteiger partial charge in [0.05, 0.1) is 4.47 Å². The summed E-state index contributed by atoms with van der Waals surface area (Å²) in [7, 11) is 0.